The Hall–Kier alpha value is -0.780. The molecule has 1 saturated heterocycles. The molecule has 2 aliphatic rings. The molecule has 0 aliphatic carbocycles. The highest BCUT2D eigenvalue weighted by atomic mass is 16.5. The summed E-state index contributed by atoms with van der Waals surface area (Å²) < 4.78 is 5.34. The molecule has 2 aliphatic heterocycles. The summed E-state index contributed by atoms with van der Waals surface area (Å²) in [5.74, 6) is 0. The van der Waals surface area contributed by atoms with E-state index in [9.17, 15) is 0 Å². The van der Waals surface area contributed by atoms with Crippen LogP contribution in [0.1, 0.15) is 20.8 Å². The van der Waals surface area contributed by atoms with E-state index >= 15 is 0 Å². The van der Waals surface area contributed by atoms with E-state index in [-0.39, 0.29) is 5.41 Å². The third-order valence-corrected chi connectivity index (χ3v) is 3.19. The van der Waals surface area contributed by atoms with Gasteiger partial charge in [0.05, 0.1) is 18.9 Å². The molecule has 17 heavy (non-hydrogen) atoms. The SMILES string of the molecule is CC(C)(C)C1=CN(CCN2CCOCC2)NN1. The Balaban J connectivity index is 1.75. The fraction of sp³-hybridized carbons (Fsp3) is 0.833. The molecule has 0 atom stereocenters. The van der Waals surface area contributed by atoms with Gasteiger partial charge in [0.1, 0.15) is 0 Å². The van der Waals surface area contributed by atoms with E-state index in [0.717, 1.165) is 39.4 Å². The highest BCUT2D eigenvalue weighted by molar-refractivity contribution is 5.09. The monoisotopic (exact) mass is 240 g/mol. The molecular weight excluding hydrogens is 216 g/mol. The van der Waals surface area contributed by atoms with Gasteiger partial charge in [0.2, 0.25) is 0 Å². The fourth-order valence-electron chi connectivity index (χ4n) is 1.93. The number of nitrogens with one attached hydrogen (secondary N) is 2. The van der Waals surface area contributed by atoms with Crippen molar-refractivity contribution >= 4 is 0 Å². The second kappa shape index (κ2) is 5.25. The van der Waals surface area contributed by atoms with E-state index in [1.165, 1.54) is 5.70 Å². The Morgan fingerprint density at radius 3 is 2.53 bits per heavy atom. The van der Waals surface area contributed by atoms with Crippen LogP contribution in [0, 0.1) is 5.41 Å². The second-order valence-corrected chi connectivity index (χ2v) is 5.68. The summed E-state index contributed by atoms with van der Waals surface area (Å²) in [6.45, 7) is 12.5. The van der Waals surface area contributed by atoms with Crippen molar-refractivity contribution in [2.45, 2.75) is 20.8 Å². The first-order valence-electron chi connectivity index (χ1n) is 6.36. The summed E-state index contributed by atoms with van der Waals surface area (Å²) in [4.78, 5) is 2.44. The van der Waals surface area contributed by atoms with Gasteiger partial charge in [-0.25, -0.2) is 0 Å². The predicted octanol–water partition coefficient (Wildman–Crippen LogP) is 0.531. The number of allylic oxidation sites excluding steroid dienone is 1. The van der Waals surface area contributed by atoms with Gasteiger partial charge in [0, 0.05) is 37.8 Å². The van der Waals surface area contributed by atoms with E-state index in [2.05, 4.69) is 47.8 Å². The van der Waals surface area contributed by atoms with Gasteiger partial charge in [-0.15, -0.1) is 5.53 Å². The molecule has 2 rings (SSSR count). The molecule has 1 fully saturated rings. The van der Waals surface area contributed by atoms with Crippen molar-refractivity contribution in [3.05, 3.63) is 11.9 Å². The van der Waals surface area contributed by atoms with Gasteiger partial charge in [0.15, 0.2) is 0 Å². The molecule has 98 valence electrons. The minimum absolute atomic E-state index is 0.167. The lowest BCUT2D eigenvalue weighted by molar-refractivity contribution is 0.0334. The molecule has 0 amide bonds. The second-order valence-electron chi connectivity index (χ2n) is 5.68. The van der Waals surface area contributed by atoms with Crippen LogP contribution in [-0.2, 0) is 4.74 Å². The molecule has 0 radical (unpaired) electrons. The molecule has 2 heterocycles. The Labute approximate surface area is 104 Å². The average molecular weight is 240 g/mol. The maximum Gasteiger partial charge on any atom is 0.0594 e. The van der Waals surface area contributed by atoms with Crippen LogP contribution in [0.4, 0.5) is 0 Å². The van der Waals surface area contributed by atoms with Crippen LogP contribution in [0.5, 0.6) is 0 Å². The molecule has 0 bridgehead atoms. The van der Waals surface area contributed by atoms with Crippen molar-refractivity contribution in [3.63, 3.8) is 0 Å². The van der Waals surface area contributed by atoms with Crippen molar-refractivity contribution < 1.29 is 4.74 Å². The van der Waals surface area contributed by atoms with Gasteiger partial charge < -0.3 is 10.2 Å². The van der Waals surface area contributed by atoms with E-state index in [0.29, 0.717) is 0 Å². The molecule has 5 nitrogen and oxygen atoms in total. The molecule has 0 aromatic carbocycles. The van der Waals surface area contributed by atoms with E-state index in [4.69, 9.17) is 4.74 Å². The molecule has 0 aromatic heterocycles. The summed E-state index contributed by atoms with van der Waals surface area (Å²) in [6, 6.07) is 0. The number of morpholine rings is 1. The van der Waals surface area contributed by atoms with Gasteiger partial charge >= 0.3 is 0 Å². The van der Waals surface area contributed by atoms with Gasteiger partial charge in [-0.05, 0) is 0 Å². The van der Waals surface area contributed by atoms with Gasteiger partial charge in [-0.1, -0.05) is 20.8 Å². The molecule has 0 saturated carbocycles. The van der Waals surface area contributed by atoms with Crippen LogP contribution in [-0.4, -0.2) is 49.3 Å². The number of nitrogens with zero attached hydrogens (tertiary/aromatic N) is 2. The third-order valence-electron chi connectivity index (χ3n) is 3.19. The first kappa shape index (κ1) is 12.7. The Kier molecular flexibility index (Phi) is 3.91. The van der Waals surface area contributed by atoms with Crippen LogP contribution in [0.25, 0.3) is 0 Å². The lowest BCUT2D eigenvalue weighted by atomic mass is 9.93. The molecule has 5 heteroatoms. The number of rotatable bonds is 3. The number of hydrazine groups is 2. The van der Waals surface area contributed by atoms with E-state index in [1.807, 2.05) is 0 Å². The van der Waals surface area contributed by atoms with Crippen molar-refractivity contribution in [2.24, 2.45) is 5.41 Å². The van der Waals surface area contributed by atoms with Crippen LogP contribution < -0.4 is 11.0 Å². The molecule has 2 N–H and O–H groups in total. The van der Waals surface area contributed by atoms with E-state index in [1.54, 1.807) is 0 Å². The normalized spacial score (nSPS) is 22.5. The first-order chi connectivity index (χ1) is 8.05. The zero-order valence-electron chi connectivity index (χ0n) is 11.1. The van der Waals surface area contributed by atoms with Crippen LogP contribution in [0.2, 0.25) is 0 Å². The molecular formula is C12H24N4O. The maximum absolute atomic E-state index is 5.34. The standard InChI is InChI=1S/C12H24N4O/c1-12(2,3)11-10-16(14-13-11)5-4-15-6-8-17-9-7-15/h10,13-14H,4-9H2,1-3H3. The molecule has 0 unspecified atom stereocenters. The molecule has 0 aromatic rings. The van der Waals surface area contributed by atoms with Crippen molar-refractivity contribution in [2.75, 3.05) is 39.4 Å². The Morgan fingerprint density at radius 2 is 1.94 bits per heavy atom. The lowest BCUT2D eigenvalue weighted by Crippen LogP contribution is -2.44. The number of hydrogen-bond donors (Lipinski definition) is 2. The first-order valence-corrected chi connectivity index (χ1v) is 6.36. The summed E-state index contributed by atoms with van der Waals surface area (Å²) in [6.07, 6.45) is 2.17. The Morgan fingerprint density at radius 1 is 1.24 bits per heavy atom. The van der Waals surface area contributed by atoms with Gasteiger partial charge in [-0.3, -0.25) is 9.91 Å². The quantitative estimate of drug-likeness (QED) is 0.753. The largest absolute Gasteiger partial charge is 0.379 e. The summed E-state index contributed by atoms with van der Waals surface area (Å²) >= 11 is 0. The zero-order valence-corrected chi connectivity index (χ0v) is 11.1. The summed E-state index contributed by atoms with van der Waals surface area (Å²) in [5, 5.41) is 2.12. The van der Waals surface area contributed by atoms with Crippen molar-refractivity contribution in [3.8, 4) is 0 Å². The predicted molar refractivity (Wildman–Crippen MR) is 67.8 cm³/mol. The maximum atomic E-state index is 5.34. The number of ether oxygens (including phenoxy) is 1. The van der Waals surface area contributed by atoms with Gasteiger partial charge in [0.25, 0.3) is 0 Å². The lowest BCUT2D eigenvalue weighted by Gasteiger charge is -2.28. The Bertz CT molecular complexity index is 279. The molecule has 0 spiro atoms. The zero-order chi connectivity index (χ0) is 12.3. The van der Waals surface area contributed by atoms with E-state index < -0.39 is 0 Å². The van der Waals surface area contributed by atoms with Crippen LogP contribution in [0.15, 0.2) is 11.9 Å². The topological polar surface area (TPSA) is 39.8 Å². The minimum atomic E-state index is 0.167. The smallest absolute Gasteiger partial charge is 0.0594 e. The highest BCUT2D eigenvalue weighted by Gasteiger charge is 2.22. The van der Waals surface area contributed by atoms with Gasteiger partial charge in [-0.2, -0.15) is 0 Å². The minimum Gasteiger partial charge on any atom is -0.379 e. The fourth-order valence-corrected chi connectivity index (χ4v) is 1.93. The van der Waals surface area contributed by atoms with Crippen molar-refractivity contribution in [1.29, 1.82) is 0 Å². The average Bonchev–Trinajstić information content (AvgIpc) is 2.76. The van der Waals surface area contributed by atoms with Crippen LogP contribution in [0.3, 0.4) is 0 Å². The summed E-state index contributed by atoms with van der Waals surface area (Å²) in [7, 11) is 0. The van der Waals surface area contributed by atoms with Crippen LogP contribution >= 0.6 is 0 Å². The third kappa shape index (κ3) is 3.59. The number of hydrogen-bond acceptors (Lipinski definition) is 5. The van der Waals surface area contributed by atoms with Crippen molar-refractivity contribution in [1.82, 2.24) is 20.9 Å². The highest BCUT2D eigenvalue weighted by Crippen LogP contribution is 2.24. The summed E-state index contributed by atoms with van der Waals surface area (Å²) in [5.41, 5.74) is 7.82.